The van der Waals surface area contributed by atoms with Crippen LogP contribution in [0.5, 0.6) is 0 Å². The van der Waals surface area contributed by atoms with Crippen LogP contribution in [0, 0.1) is 5.41 Å². The summed E-state index contributed by atoms with van der Waals surface area (Å²) in [5.74, 6) is -1.01. The predicted octanol–water partition coefficient (Wildman–Crippen LogP) is 2.23. The van der Waals surface area contributed by atoms with Crippen molar-refractivity contribution >= 4 is 5.97 Å². The molecular formula is C11H17F3N4O2. The maximum atomic E-state index is 12.3. The van der Waals surface area contributed by atoms with Crippen molar-refractivity contribution in [2.24, 2.45) is 5.41 Å². The third kappa shape index (κ3) is 4.78. The van der Waals surface area contributed by atoms with Crippen molar-refractivity contribution in [1.29, 1.82) is 0 Å². The Morgan fingerprint density at radius 3 is 2.40 bits per heavy atom. The summed E-state index contributed by atoms with van der Waals surface area (Å²) in [6, 6.07) is -0.613. The molecule has 1 unspecified atom stereocenters. The summed E-state index contributed by atoms with van der Waals surface area (Å²) < 4.78 is 38.0. The summed E-state index contributed by atoms with van der Waals surface area (Å²) in [4.78, 5) is 10.9. The van der Waals surface area contributed by atoms with Gasteiger partial charge >= 0.3 is 12.1 Å². The average molecular weight is 294 g/mol. The molecule has 1 aromatic rings. The van der Waals surface area contributed by atoms with E-state index < -0.39 is 30.0 Å². The van der Waals surface area contributed by atoms with Crippen LogP contribution in [0.2, 0.25) is 0 Å². The molecule has 0 bridgehead atoms. The molecule has 6 nitrogen and oxygen atoms in total. The number of tetrazole rings is 1. The summed E-state index contributed by atoms with van der Waals surface area (Å²) in [5.41, 5.74) is -0.499. The molecule has 0 aliphatic heterocycles. The zero-order chi connectivity index (χ0) is 15.6. The Bertz CT molecular complexity index is 465. The number of aromatic nitrogens is 4. The fraction of sp³-hybridized carbons (Fsp3) is 0.818. The van der Waals surface area contributed by atoms with Crippen LogP contribution in [-0.4, -0.2) is 37.5 Å². The number of carboxylic acids is 1. The number of nitrogens with zero attached hydrogens (tertiary/aromatic N) is 4. The minimum absolute atomic E-state index is 0.0449. The third-order valence-electron chi connectivity index (χ3n) is 2.86. The molecule has 0 spiro atoms. The maximum Gasteiger partial charge on any atom is 0.389 e. The second-order valence-corrected chi connectivity index (χ2v) is 5.63. The van der Waals surface area contributed by atoms with Crippen molar-refractivity contribution in [1.82, 2.24) is 20.2 Å². The molecule has 9 heteroatoms. The second kappa shape index (κ2) is 5.76. The van der Waals surface area contributed by atoms with E-state index in [-0.39, 0.29) is 18.7 Å². The molecule has 0 radical (unpaired) electrons. The fourth-order valence-corrected chi connectivity index (χ4v) is 1.80. The summed E-state index contributed by atoms with van der Waals surface area (Å²) in [6.07, 6.45) is -5.98. The fourth-order valence-electron chi connectivity index (χ4n) is 1.80. The molecule has 1 heterocycles. The van der Waals surface area contributed by atoms with E-state index >= 15 is 0 Å². The molecule has 0 saturated heterocycles. The van der Waals surface area contributed by atoms with Gasteiger partial charge in [-0.15, -0.1) is 5.10 Å². The number of carboxylic acid groups (broad SMARTS) is 1. The molecule has 1 atom stereocenters. The Balaban J connectivity index is 2.98. The highest BCUT2D eigenvalue weighted by molar-refractivity contribution is 5.67. The Labute approximate surface area is 114 Å². The monoisotopic (exact) mass is 294 g/mol. The molecule has 0 saturated carbocycles. The number of aryl methyl sites for hydroxylation is 1. The van der Waals surface area contributed by atoms with E-state index in [4.69, 9.17) is 5.11 Å². The van der Waals surface area contributed by atoms with E-state index in [9.17, 15) is 18.0 Å². The normalized spacial score (nSPS) is 14.3. The lowest BCUT2D eigenvalue weighted by Crippen LogP contribution is -2.29. The number of alkyl halides is 3. The Morgan fingerprint density at radius 1 is 1.35 bits per heavy atom. The lowest BCUT2D eigenvalue weighted by Gasteiger charge is -2.29. The molecule has 0 amide bonds. The van der Waals surface area contributed by atoms with Gasteiger partial charge < -0.3 is 5.11 Å². The smallest absolute Gasteiger partial charge is 0.389 e. The first-order valence-corrected chi connectivity index (χ1v) is 6.06. The van der Waals surface area contributed by atoms with Crippen molar-refractivity contribution in [2.45, 2.75) is 52.3 Å². The van der Waals surface area contributed by atoms with E-state index in [0.717, 1.165) is 0 Å². The van der Waals surface area contributed by atoms with Crippen LogP contribution < -0.4 is 0 Å². The summed E-state index contributed by atoms with van der Waals surface area (Å²) in [6.45, 7) is 5.36. The Kier molecular flexibility index (Phi) is 4.72. The minimum Gasteiger partial charge on any atom is -0.481 e. The lowest BCUT2D eigenvalue weighted by molar-refractivity contribution is -0.139. The molecule has 0 aromatic carbocycles. The van der Waals surface area contributed by atoms with Gasteiger partial charge in [-0.25, -0.2) is 4.68 Å². The standard InChI is InChI=1S/C11H17F3N4O2/c1-10(2,3)7(6-9(19)20)18-8(15-16-17-18)4-5-11(12,13)14/h7H,4-6H2,1-3H3,(H,19,20). The highest BCUT2D eigenvalue weighted by Crippen LogP contribution is 2.33. The van der Waals surface area contributed by atoms with Crippen LogP contribution in [0.25, 0.3) is 0 Å². The number of aliphatic carboxylic acids is 1. The van der Waals surface area contributed by atoms with Crippen LogP contribution in [-0.2, 0) is 11.2 Å². The van der Waals surface area contributed by atoms with Crippen molar-refractivity contribution in [3.63, 3.8) is 0 Å². The van der Waals surface area contributed by atoms with E-state index in [1.54, 1.807) is 20.8 Å². The van der Waals surface area contributed by atoms with Gasteiger partial charge in [0.05, 0.1) is 18.9 Å². The largest absolute Gasteiger partial charge is 0.481 e. The van der Waals surface area contributed by atoms with Crippen molar-refractivity contribution in [2.75, 3.05) is 0 Å². The molecule has 114 valence electrons. The highest BCUT2D eigenvalue weighted by Gasteiger charge is 2.33. The number of hydrogen-bond acceptors (Lipinski definition) is 4. The van der Waals surface area contributed by atoms with Gasteiger partial charge in [-0.2, -0.15) is 13.2 Å². The average Bonchev–Trinajstić information content (AvgIpc) is 2.68. The van der Waals surface area contributed by atoms with Crippen molar-refractivity contribution in [3.05, 3.63) is 5.82 Å². The second-order valence-electron chi connectivity index (χ2n) is 5.63. The zero-order valence-electron chi connectivity index (χ0n) is 11.5. The van der Waals surface area contributed by atoms with Gasteiger partial charge in [0, 0.05) is 6.42 Å². The molecule has 20 heavy (non-hydrogen) atoms. The molecule has 1 N–H and O–H groups in total. The molecule has 0 aliphatic rings. The number of halogens is 3. The van der Waals surface area contributed by atoms with E-state index in [1.807, 2.05) is 0 Å². The van der Waals surface area contributed by atoms with Gasteiger partial charge in [-0.05, 0) is 15.8 Å². The number of carbonyl (C=O) groups is 1. The van der Waals surface area contributed by atoms with Crippen LogP contribution in [0.1, 0.15) is 45.5 Å². The maximum absolute atomic E-state index is 12.3. The SMILES string of the molecule is CC(C)(C)C(CC(=O)O)n1nnnc1CCC(F)(F)F. The minimum atomic E-state index is -4.30. The summed E-state index contributed by atoms with van der Waals surface area (Å²) in [7, 11) is 0. The van der Waals surface area contributed by atoms with Crippen molar-refractivity contribution in [3.8, 4) is 0 Å². The van der Waals surface area contributed by atoms with E-state index in [2.05, 4.69) is 15.5 Å². The van der Waals surface area contributed by atoms with Gasteiger partial charge in [-0.3, -0.25) is 4.79 Å². The molecule has 0 fully saturated rings. The predicted molar refractivity (Wildman–Crippen MR) is 62.9 cm³/mol. The van der Waals surface area contributed by atoms with Crippen molar-refractivity contribution < 1.29 is 23.1 Å². The molecular weight excluding hydrogens is 277 g/mol. The van der Waals surface area contributed by atoms with Gasteiger partial charge in [0.25, 0.3) is 0 Å². The van der Waals surface area contributed by atoms with Gasteiger partial charge in [0.2, 0.25) is 0 Å². The zero-order valence-corrected chi connectivity index (χ0v) is 11.5. The summed E-state index contributed by atoms with van der Waals surface area (Å²) >= 11 is 0. The number of rotatable bonds is 5. The highest BCUT2D eigenvalue weighted by atomic mass is 19.4. The van der Waals surface area contributed by atoms with Gasteiger partial charge in [0.1, 0.15) is 0 Å². The van der Waals surface area contributed by atoms with E-state index in [1.165, 1.54) is 4.68 Å². The molecule has 1 rings (SSSR count). The van der Waals surface area contributed by atoms with Crippen LogP contribution in [0.3, 0.4) is 0 Å². The van der Waals surface area contributed by atoms with Crippen LogP contribution in [0.4, 0.5) is 13.2 Å². The Hall–Kier alpha value is -1.67. The first-order chi connectivity index (χ1) is 9.00. The van der Waals surface area contributed by atoms with Gasteiger partial charge in [0.15, 0.2) is 5.82 Å². The van der Waals surface area contributed by atoms with Crippen LogP contribution >= 0.6 is 0 Å². The summed E-state index contributed by atoms with van der Waals surface area (Å²) in [5, 5.41) is 19.5. The third-order valence-corrected chi connectivity index (χ3v) is 2.86. The number of hydrogen-bond donors (Lipinski definition) is 1. The Morgan fingerprint density at radius 2 is 1.95 bits per heavy atom. The molecule has 0 aliphatic carbocycles. The van der Waals surface area contributed by atoms with Crippen LogP contribution in [0.15, 0.2) is 0 Å². The van der Waals surface area contributed by atoms with E-state index in [0.29, 0.717) is 0 Å². The van der Waals surface area contributed by atoms with Gasteiger partial charge in [-0.1, -0.05) is 20.8 Å². The first-order valence-electron chi connectivity index (χ1n) is 6.06. The topological polar surface area (TPSA) is 80.9 Å². The molecule has 1 aromatic heterocycles. The lowest BCUT2D eigenvalue weighted by atomic mass is 9.84. The quantitative estimate of drug-likeness (QED) is 0.900. The first kappa shape index (κ1) is 16.4.